The van der Waals surface area contributed by atoms with Crippen molar-refractivity contribution in [3.8, 4) is 0 Å². The largest absolute Gasteiger partial charge is 0.467 e. The van der Waals surface area contributed by atoms with Gasteiger partial charge in [-0.1, -0.05) is 12.1 Å². The van der Waals surface area contributed by atoms with Gasteiger partial charge in [-0.2, -0.15) is 0 Å². The SMILES string of the molecule is COC(=O)C(Cc1ccc(F)cc1)NC(=O)c1ccncc1. The van der Waals surface area contributed by atoms with Gasteiger partial charge < -0.3 is 10.1 Å². The summed E-state index contributed by atoms with van der Waals surface area (Å²) in [6.07, 6.45) is 3.19. The van der Waals surface area contributed by atoms with Crippen LogP contribution in [0, 0.1) is 5.82 Å². The summed E-state index contributed by atoms with van der Waals surface area (Å²) in [5.41, 5.74) is 1.11. The van der Waals surface area contributed by atoms with Crippen LogP contribution in [0.4, 0.5) is 4.39 Å². The predicted molar refractivity (Wildman–Crippen MR) is 77.6 cm³/mol. The Labute approximate surface area is 127 Å². The third kappa shape index (κ3) is 4.12. The number of carbonyl (C=O) groups excluding carboxylic acids is 2. The number of halogens is 1. The van der Waals surface area contributed by atoms with Crippen LogP contribution >= 0.6 is 0 Å². The third-order valence-electron chi connectivity index (χ3n) is 3.09. The van der Waals surface area contributed by atoms with Gasteiger partial charge in [-0.25, -0.2) is 9.18 Å². The zero-order valence-corrected chi connectivity index (χ0v) is 12.0. The summed E-state index contributed by atoms with van der Waals surface area (Å²) < 4.78 is 17.6. The number of pyridine rings is 1. The third-order valence-corrected chi connectivity index (χ3v) is 3.09. The monoisotopic (exact) mass is 302 g/mol. The molecule has 1 aromatic heterocycles. The Bertz CT molecular complexity index is 644. The second-order valence-electron chi connectivity index (χ2n) is 4.62. The van der Waals surface area contributed by atoms with Gasteiger partial charge >= 0.3 is 5.97 Å². The second kappa shape index (κ2) is 7.31. The van der Waals surface area contributed by atoms with Crippen molar-refractivity contribution in [2.75, 3.05) is 7.11 Å². The van der Waals surface area contributed by atoms with Crippen molar-refractivity contribution in [1.29, 1.82) is 0 Å². The molecule has 1 amide bonds. The predicted octanol–water partition coefficient (Wildman–Crippen LogP) is 1.73. The van der Waals surface area contributed by atoms with Crippen LogP contribution in [-0.4, -0.2) is 30.0 Å². The number of nitrogens with zero attached hydrogens (tertiary/aromatic N) is 1. The number of esters is 1. The lowest BCUT2D eigenvalue weighted by atomic mass is 10.1. The zero-order chi connectivity index (χ0) is 15.9. The minimum Gasteiger partial charge on any atom is -0.467 e. The molecule has 6 heteroatoms. The normalized spacial score (nSPS) is 11.5. The summed E-state index contributed by atoms with van der Waals surface area (Å²) in [6.45, 7) is 0. The van der Waals surface area contributed by atoms with Crippen LogP contribution in [0.25, 0.3) is 0 Å². The number of ether oxygens (including phenoxy) is 1. The van der Waals surface area contributed by atoms with E-state index in [1.54, 1.807) is 24.3 Å². The second-order valence-corrected chi connectivity index (χ2v) is 4.62. The molecule has 0 aliphatic rings. The molecule has 1 aromatic carbocycles. The smallest absolute Gasteiger partial charge is 0.328 e. The van der Waals surface area contributed by atoms with E-state index in [2.05, 4.69) is 10.3 Å². The maximum Gasteiger partial charge on any atom is 0.328 e. The fourth-order valence-electron chi connectivity index (χ4n) is 1.94. The molecule has 2 rings (SSSR count). The van der Waals surface area contributed by atoms with Crippen LogP contribution in [0.5, 0.6) is 0 Å². The van der Waals surface area contributed by atoms with Crippen molar-refractivity contribution in [2.45, 2.75) is 12.5 Å². The fraction of sp³-hybridized carbons (Fsp3) is 0.188. The van der Waals surface area contributed by atoms with Gasteiger partial charge in [0, 0.05) is 24.4 Å². The molecular formula is C16H15FN2O3. The lowest BCUT2D eigenvalue weighted by molar-refractivity contribution is -0.142. The van der Waals surface area contributed by atoms with Crippen LogP contribution in [0.1, 0.15) is 15.9 Å². The molecule has 0 spiro atoms. The Morgan fingerprint density at radius 3 is 2.41 bits per heavy atom. The fourth-order valence-corrected chi connectivity index (χ4v) is 1.94. The van der Waals surface area contributed by atoms with Gasteiger partial charge in [-0.3, -0.25) is 9.78 Å². The minimum atomic E-state index is -0.851. The van der Waals surface area contributed by atoms with Gasteiger partial charge in [0.1, 0.15) is 11.9 Å². The number of hydrogen-bond acceptors (Lipinski definition) is 4. The molecule has 0 aliphatic heterocycles. The summed E-state index contributed by atoms with van der Waals surface area (Å²) in [7, 11) is 1.25. The van der Waals surface area contributed by atoms with E-state index in [0.29, 0.717) is 11.1 Å². The number of methoxy groups -OCH3 is 1. The van der Waals surface area contributed by atoms with Gasteiger partial charge in [-0.15, -0.1) is 0 Å². The van der Waals surface area contributed by atoms with E-state index < -0.39 is 17.9 Å². The van der Waals surface area contributed by atoms with Crippen molar-refractivity contribution >= 4 is 11.9 Å². The van der Waals surface area contributed by atoms with E-state index >= 15 is 0 Å². The Kier molecular flexibility index (Phi) is 5.19. The topological polar surface area (TPSA) is 68.3 Å². The highest BCUT2D eigenvalue weighted by Crippen LogP contribution is 2.08. The van der Waals surface area contributed by atoms with E-state index in [0.717, 1.165) is 0 Å². The number of hydrogen-bond donors (Lipinski definition) is 1. The summed E-state index contributed by atoms with van der Waals surface area (Å²) in [5.74, 6) is -1.33. The number of rotatable bonds is 5. The van der Waals surface area contributed by atoms with E-state index in [9.17, 15) is 14.0 Å². The van der Waals surface area contributed by atoms with E-state index in [-0.39, 0.29) is 12.2 Å². The molecule has 0 saturated heterocycles. The van der Waals surface area contributed by atoms with E-state index in [1.165, 1.54) is 31.6 Å². The lowest BCUT2D eigenvalue weighted by Crippen LogP contribution is -2.43. The molecule has 5 nitrogen and oxygen atoms in total. The Morgan fingerprint density at radius 2 is 1.82 bits per heavy atom. The van der Waals surface area contributed by atoms with Crippen molar-refractivity contribution in [1.82, 2.24) is 10.3 Å². The molecule has 22 heavy (non-hydrogen) atoms. The molecule has 0 bridgehead atoms. The van der Waals surface area contributed by atoms with E-state index in [1.807, 2.05) is 0 Å². The Morgan fingerprint density at radius 1 is 1.18 bits per heavy atom. The highest BCUT2D eigenvalue weighted by atomic mass is 19.1. The standard InChI is InChI=1S/C16H15FN2O3/c1-22-16(21)14(10-11-2-4-13(17)5-3-11)19-15(20)12-6-8-18-9-7-12/h2-9,14H,10H2,1H3,(H,19,20). The summed E-state index contributed by atoms with van der Waals surface area (Å²) in [6, 6.07) is 7.95. The number of carbonyl (C=O) groups is 2. The first-order valence-electron chi connectivity index (χ1n) is 6.63. The van der Waals surface area contributed by atoms with Crippen LogP contribution in [-0.2, 0) is 16.0 Å². The lowest BCUT2D eigenvalue weighted by Gasteiger charge is -2.16. The molecule has 1 heterocycles. The molecule has 2 aromatic rings. The molecule has 0 aliphatic carbocycles. The Balaban J connectivity index is 2.11. The zero-order valence-electron chi connectivity index (χ0n) is 12.0. The number of nitrogens with one attached hydrogen (secondary N) is 1. The highest BCUT2D eigenvalue weighted by molar-refractivity contribution is 5.96. The number of aromatic nitrogens is 1. The van der Waals surface area contributed by atoms with Crippen LogP contribution < -0.4 is 5.32 Å². The van der Waals surface area contributed by atoms with Crippen LogP contribution in [0.3, 0.4) is 0 Å². The van der Waals surface area contributed by atoms with E-state index in [4.69, 9.17) is 4.74 Å². The molecule has 1 unspecified atom stereocenters. The number of benzene rings is 1. The van der Waals surface area contributed by atoms with Crippen molar-refractivity contribution < 1.29 is 18.7 Å². The van der Waals surface area contributed by atoms with Crippen LogP contribution in [0.2, 0.25) is 0 Å². The van der Waals surface area contributed by atoms with Crippen molar-refractivity contribution in [2.24, 2.45) is 0 Å². The van der Waals surface area contributed by atoms with Crippen molar-refractivity contribution in [3.05, 3.63) is 65.7 Å². The Hall–Kier alpha value is -2.76. The molecule has 114 valence electrons. The van der Waals surface area contributed by atoms with Gasteiger partial charge in [0.05, 0.1) is 7.11 Å². The quantitative estimate of drug-likeness (QED) is 0.854. The van der Waals surface area contributed by atoms with Crippen LogP contribution in [0.15, 0.2) is 48.8 Å². The first kappa shape index (κ1) is 15.6. The van der Waals surface area contributed by atoms with Gasteiger partial charge in [0.2, 0.25) is 0 Å². The molecular weight excluding hydrogens is 287 g/mol. The van der Waals surface area contributed by atoms with Crippen molar-refractivity contribution in [3.63, 3.8) is 0 Å². The molecule has 0 saturated carbocycles. The molecule has 0 fully saturated rings. The van der Waals surface area contributed by atoms with Gasteiger partial charge in [-0.05, 0) is 29.8 Å². The van der Waals surface area contributed by atoms with Gasteiger partial charge in [0.25, 0.3) is 5.91 Å². The molecule has 0 radical (unpaired) electrons. The molecule has 1 atom stereocenters. The average molecular weight is 302 g/mol. The first-order valence-corrected chi connectivity index (χ1v) is 6.63. The average Bonchev–Trinajstić information content (AvgIpc) is 2.56. The highest BCUT2D eigenvalue weighted by Gasteiger charge is 2.22. The first-order chi connectivity index (χ1) is 10.6. The molecule has 1 N–H and O–H groups in total. The summed E-state index contributed by atoms with van der Waals surface area (Å²) in [5, 5.41) is 2.61. The maximum atomic E-state index is 12.9. The maximum absolute atomic E-state index is 12.9. The van der Waals surface area contributed by atoms with Gasteiger partial charge in [0.15, 0.2) is 0 Å². The minimum absolute atomic E-state index is 0.212. The number of amides is 1. The summed E-state index contributed by atoms with van der Waals surface area (Å²) >= 11 is 0. The summed E-state index contributed by atoms with van der Waals surface area (Å²) in [4.78, 5) is 27.8.